The lowest BCUT2D eigenvalue weighted by atomic mass is 9.89. The van der Waals surface area contributed by atoms with E-state index in [4.69, 9.17) is 9.73 Å². The van der Waals surface area contributed by atoms with E-state index in [-0.39, 0.29) is 6.10 Å². The predicted octanol–water partition coefficient (Wildman–Crippen LogP) is 4.39. The van der Waals surface area contributed by atoms with E-state index < -0.39 is 0 Å². The summed E-state index contributed by atoms with van der Waals surface area (Å²) < 4.78 is 6.20. The highest BCUT2D eigenvalue weighted by Crippen LogP contribution is 2.34. The molecule has 4 rings (SSSR count). The molecule has 178 valence electrons. The maximum absolute atomic E-state index is 6.20. The Kier molecular flexibility index (Phi) is 8.21. The Labute approximate surface area is 198 Å². The van der Waals surface area contributed by atoms with Gasteiger partial charge in [0.2, 0.25) is 0 Å². The van der Waals surface area contributed by atoms with Crippen LogP contribution in [-0.4, -0.2) is 49.8 Å². The highest BCUT2D eigenvalue weighted by Gasteiger charge is 2.28. The zero-order chi connectivity index (χ0) is 23.0. The second-order valence-corrected chi connectivity index (χ2v) is 9.37. The van der Waals surface area contributed by atoms with Gasteiger partial charge in [0.1, 0.15) is 5.82 Å². The molecule has 2 unspecified atom stereocenters. The molecular weight excluding hydrogens is 410 g/mol. The Bertz CT molecular complexity index is 905. The molecule has 33 heavy (non-hydrogen) atoms. The summed E-state index contributed by atoms with van der Waals surface area (Å²) in [6, 6.07) is 15.5. The van der Waals surface area contributed by atoms with Gasteiger partial charge in [0, 0.05) is 50.4 Å². The maximum Gasteiger partial charge on any atom is 0.191 e. The van der Waals surface area contributed by atoms with Gasteiger partial charge in [-0.1, -0.05) is 35.9 Å². The highest BCUT2D eigenvalue weighted by molar-refractivity contribution is 5.80. The SMILES string of the molecule is CCNC(=NCC1CCCOC1c1ccc(C)cc1)NC1CCN(c2cccc(C)n2)CC1. The van der Waals surface area contributed by atoms with Crippen molar-refractivity contribution >= 4 is 11.8 Å². The lowest BCUT2D eigenvalue weighted by Crippen LogP contribution is -2.49. The fraction of sp³-hybridized carbons (Fsp3) is 0.556. The van der Waals surface area contributed by atoms with E-state index in [2.05, 4.69) is 83.8 Å². The first kappa shape index (κ1) is 23.6. The Morgan fingerprint density at radius 2 is 1.88 bits per heavy atom. The molecule has 6 heteroatoms. The number of pyridine rings is 1. The quantitative estimate of drug-likeness (QED) is 0.506. The highest BCUT2D eigenvalue weighted by atomic mass is 16.5. The lowest BCUT2D eigenvalue weighted by molar-refractivity contribution is -0.0250. The number of hydrogen-bond donors (Lipinski definition) is 2. The van der Waals surface area contributed by atoms with Crippen LogP contribution in [0.5, 0.6) is 0 Å². The number of aliphatic imine (C=N–C) groups is 1. The van der Waals surface area contributed by atoms with E-state index in [0.29, 0.717) is 12.0 Å². The molecule has 2 aliphatic heterocycles. The van der Waals surface area contributed by atoms with Gasteiger partial charge in [0.25, 0.3) is 0 Å². The third kappa shape index (κ3) is 6.47. The monoisotopic (exact) mass is 449 g/mol. The summed E-state index contributed by atoms with van der Waals surface area (Å²) in [6.07, 6.45) is 4.56. The van der Waals surface area contributed by atoms with E-state index in [9.17, 15) is 0 Å². The molecule has 2 aromatic rings. The lowest BCUT2D eigenvalue weighted by Gasteiger charge is -2.34. The molecule has 1 aromatic heterocycles. The Hall–Kier alpha value is -2.60. The number of anilines is 1. The second-order valence-electron chi connectivity index (χ2n) is 9.37. The molecule has 0 bridgehead atoms. The maximum atomic E-state index is 6.20. The molecule has 0 spiro atoms. The zero-order valence-corrected chi connectivity index (χ0v) is 20.4. The van der Waals surface area contributed by atoms with Crippen LogP contribution in [0.4, 0.5) is 5.82 Å². The van der Waals surface area contributed by atoms with Gasteiger partial charge in [-0.2, -0.15) is 0 Å². The van der Waals surface area contributed by atoms with Crippen molar-refractivity contribution in [1.82, 2.24) is 15.6 Å². The molecule has 2 aliphatic rings. The molecule has 0 radical (unpaired) electrons. The number of piperidine rings is 1. The number of rotatable bonds is 6. The van der Waals surface area contributed by atoms with Crippen LogP contribution in [0.25, 0.3) is 0 Å². The molecule has 3 heterocycles. The van der Waals surface area contributed by atoms with Gasteiger partial charge in [-0.25, -0.2) is 4.98 Å². The number of hydrogen-bond acceptors (Lipinski definition) is 4. The molecule has 0 aliphatic carbocycles. The minimum absolute atomic E-state index is 0.135. The van der Waals surface area contributed by atoms with Gasteiger partial charge < -0.3 is 20.3 Å². The van der Waals surface area contributed by atoms with E-state index in [1.54, 1.807) is 0 Å². The summed E-state index contributed by atoms with van der Waals surface area (Å²) in [6.45, 7) is 10.8. The van der Waals surface area contributed by atoms with E-state index >= 15 is 0 Å². The fourth-order valence-electron chi connectivity index (χ4n) is 4.83. The first-order chi connectivity index (χ1) is 16.1. The van der Waals surface area contributed by atoms with E-state index in [1.165, 1.54) is 11.1 Å². The van der Waals surface area contributed by atoms with Crippen LogP contribution in [0, 0.1) is 19.8 Å². The molecule has 2 fully saturated rings. The van der Waals surface area contributed by atoms with Crippen molar-refractivity contribution in [2.45, 2.75) is 58.6 Å². The summed E-state index contributed by atoms with van der Waals surface area (Å²) in [4.78, 5) is 12.1. The van der Waals surface area contributed by atoms with Crippen molar-refractivity contribution in [3.8, 4) is 0 Å². The van der Waals surface area contributed by atoms with E-state index in [0.717, 1.165) is 75.9 Å². The van der Waals surface area contributed by atoms with Crippen molar-refractivity contribution in [1.29, 1.82) is 0 Å². The van der Waals surface area contributed by atoms with Crippen molar-refractivity contribution in [2.75, 3.05) is 37.7 Å². The first-order valence-corrected chi connectivity index (χ1v) is 12.5. The number of nitrogens with zero attached hydrogens (tertiary/aromatic N) is 3. The minimum Gasteiger partial charge on any atom is -0.373 e. The van der Waals surface area contributed by atoms with Gasteiger partial charge in [-0.15, -0.1) is 0 Å². The van der Waals surface area contributed by atoms with Gasteiger partial charge in [0.05, 0.1) is 6.10 Å². The van der Waals surface area contributed by atoms with Crippen molar-refractivity contribution in [3.63, 3.8) is 0 Å². The van der Waals surface area contributed by atoms with E-state index in [1.807, 2.05) is 0 Å². The Morgan fingerprint density at radius 3 is 2.61 bits per heavy atom. The summed E-state index contributed by atoms with van der Waals surface area (Å²) >= 11 is 0. The zero-order valence-electron chi connectivity index (χ0n) is 20.4. The topological polar surface area (TPSA) is 61.8 Å². The fourth-order valence-corrected chi connectivity index (χ4v) is 4.83. The van der Waals surface area contributed by atoms with Crippen LogP contribution < -0.4 is 15.5 Å². The standard InChI is InChI=1S/C27H39N5O/c1-4-28-27(31-24-14-16-32(17-15-24)25-9-5-7-21(3)30-25)29-19-23-8-6-18-33-26(23)22-12-10-20(2)11-13-22/h5,7,9-13,23-24,26H,4,6,8,14-19H2,1-3H3,(H2,28,29,31). The number of benzene rings is 1. The van der Waals surface area contributed by atoms with Crippen molar-refractivity contribution in [2.24, 2.45) is 10.9 Å². The molecule has 2 atom stereocenters. The van der Waals surface area contributed by atoms with Crippen molar-refractivity contribution in [3.05, 3.63) is 59.3 Å². The summed E-state index contributed by atoms with van der Waals surface area (Å²) in [5.41, 5.74) is 3.63. The van der Waals surface area contributed by atoms with Crippen LogP contribution in [0.1, 0.15) is 55.5 Å². The second kappa shape index (κ2) is 11.5. The summed E-state index contributed by atoms with van der Waals surface area (Å²) in [5, 5.41) is 7.15. The molecule has 2 saturated heterocycles. The molecule has 1 aromatic carbocycles. The van der Waals surface area contributed by atoms with Gasteiger partial charge in [0.15, 0.2) is 5.96 Å². The predicted molar refractivity (Wildman–Crippen MR) is 136 cm³/mol. The largest absolute Gasteiger partial charge is 0.373 e. The third-order valence-electron chi connectivity index (χ3n) is 6.71. The number of guanidine groups is 1. The van der Waals surface area contributed by atoms with Crippen LogP contribution in [-0.2, 0) is 4.74 Å². The minimum atomic E-state index is 0.135. The van der Waals surface area contributed by atoms with Gasteiger partial charge in [-0.05, 0) is 64.2 Å². The third-order valence-corrected chi connectivity index (χ3v) is 6.71. The first-order valence-electron chi connectivity index (χ1n) is 12.5. The molecule has 2 N–H and O–H groups in total. The van der Waals surface area contributed by atoms with Crippen LogP contribution in [0.2, 0.25) is 0 Å². The number of aryl methyl sites for hydroxylation is 2. The summed E-state index contributed by atoms with van der Waals surface area (Å²) in [7, 11) is 0. The average Bonchev–Trinajstić information content (AvgIpc) is 2.84. The number of nitrogens with one attached hydrogen (secondary N) is 2. The molecule has 0 amide bonds. The Morgan fingerprint density at radius 1 is 1.09 bits per heavy atom. The van der Waals surface area contributed by atoms with Crippen LogP contribution in [0.3, 0.4) is 0 Å². The average molecular weight is 450 g/mol. The molecule has 6 nitrogen and oxygen atoms in total. The molecular formula is C27H39N5O. The number of aromatic nitrogens is 1. The van der Waals surface area contributed by atoms with Crippen LogP contribution >= 0.6 is 0 Å². The number of ether oxygens (including phenoxy) is 1. The van der Waals surface area contributed by atoms with Crippen molar-refractivity contribution < 1.29 is 4.74 Å². The Balaban J connectivity index is 1.34. The normalized spacial score (nSPS) is 22.3. The summed E-state index contributed by atoms with van der Waals surface area (Å²) in [5.74, 6) is 2.43. The van der Waals surface area contributed by atoms with Gasteiger partial charge >= 0.3 is 0 Å². The smallest absolute Gasteiger partial charge is 0.191 e. The van der Waals surface area contributed by atoms with Gasteiger partial charge in [-0.3, -0.25) is 4.99 Å². The van der Waals surface area contributed by atoms with Crippen LogP contribution in [0.15, 0.2) is 47.5 Å². The molecule has 0 saturated carbocycles.